The average Bonchev–Trinajstić information content (AvgIpc) is 3.40. The van der Waals surface area contributed by atoms with E-state index in [4.69, 9.17) is 0 Å². The zero-order valence-corrected chi connectivity index (χ0v) is 15.7. The van der Waals surface area contributed by atoms with E-state index >= 15 is 0 Å². The molecule has 2 heterocycles. The molecule has 0 spiro atoms. The minimum absolute atomic E-state index is 0.157. The summed E-state index contributed by atoms with van der Waals surface area (Å²) < 4.78 is 0. The number of aromatic amines is 1. The number of benzene rings is 2. The van der Waals surface area contributed by atoms with Gasteiger partial charge in [-0.3, -0.25) is 14.7 Å². The van der Waals surface area contributed by atoms with Gasteiger partial charge in [0.2, 0.25) is 5.91 Å². The predicted molar refractivity (Wildman–Crippen MR) is 108 cm³/mol. The molecule has 0 saturated carbocycles. The zero-order chi connectivity index (χ0) is 19.5. The van der Waals surface area contributed by atoms with Gasteiger partial charge >= 0.3 is 0 Å². The van der Waals surface area contributed by atoms with Crippen LogP contribution in [0.15, 0.2) is 60.9 Å². The standard InChI is InChI=1S/C22H22N4O2/c1-15-5-2-6-16(11-15)17-7-3-8-19(12-17)25-21(27)20-9-4-10-26(20)22(28)18-13-23-24-14-18/h2-3,5-8,11-14,20H,4,9-10H2,1H3,(H,23,24)(H,25,27). The van der Waals surface area contributed by atoms with Crippen molar-refractivity contribution >= 4 is 17.5 Å². The molecule has 6 heteroatoms. The Morgan fingerprint density at radius 1 is 1.14 bits per heavy atom. The number of likely N-dealkylation sites (tertiary alicyclic amines) is 1. The van der Waals surface area contributed by atoms with E-state index in [1.54, 1.807) is 11.1 Å². The van der Waals surface area contributed by atoms with Crippen LogP contribution >= 0.6 is 0 Å². The number of hydrogen-bond acceptors (Lipinski definition) is 3. The Bertz CT molecular complexity index is 997. The first-order valence-electron chi connectivity index (χ1n) is 9.39. The fraction of sp³-hybridized carbons (Fsp3) is 0.227. The van der Waals surface area contributed by atoms with Gasteiger partial charge in [0.25, 0.3) is 5.91 Å². The lowest BCUT2D eigenvalue weighted by Gasteiger charge is -2.23. The molecule has 2 N–H and O–H groups in total. The molecule has 1 fully saturated rings. The monoisotopic (exact) mass is 374 g/mol. The third kappa shape index (κ3) is 3.67. The molecule has 3 aromatic rings. The van der Waals surface area contributed by atoms with Crippen LogP contribution in [0.1, 0.15) is 28.8 Å². The van der Waals surface area contributed by atoms with E-state index in [1.807, 2.05) is 30.3 Å². The number of nitrogens with zero attached hydrogens (tertiary/aromatic N) is 2. The molecule has 1 aromatic heterocycles. The molecule has 1 aliphatic rings. The van der Waals surface area contributed by atoms with Crippen molar-refractivity contribution in [3.63, 3.8) is 0 Å². The van der Waals surface area contributed by atoms with Crippen LogP contribution in [-0.2, 0) is 4.79 Å². The quantitative estimate of drug-likeness (QED) is 0.732. The number of rotatable bonds is 4. The normalized spacial score (nSPS) is 16.2. The summed E-state index contributed by atoms with van der Waals surface area (Å²) in [4.78, 5) is 27.1. The third-order valence-electron chi connectivity index (χ3n) is 5.04. The van der Waals surface area contributed by atoms with E-state index in [2.05, 4.69) is 40.6 Å². The van der Waals surface area contributed by atoms with Gasteiger partial charge < -0.3 is 10.2 Å². The summed E-state index contributed by atoms with van der Waals surface area (Å²) in [6.45, 7) is 2.63. The fourth-order valence-corrected chi connectivity index (χ4v) is 3.64. The number of carbonyl (C=O) groups is 2. The molecule has 0 bridgehead atoms. The van der Waals surface area contributed by atoms with E-state index in [-0.39, 0.29) is 11.8 Å². The average molecular weight is 374 g/mol. The number of hydrogen-bond donors (Lipinski definition) is 2. The van der Waals surface area contributed by atoms with Gasteiger partial charge in [0.05, 0.1) is 11.8 Å². The SMILES string of the molecule is Cc1cccc(-c2cccc(NC(=O)C3CCCN3C(=O)c3cn[nH]c3)c2)c1. The molecule has 4 rings (SSSR count). The molecule has 0 aliphatic carbocycles. The van der Waals surface area contributed by atoms with Gasteiger partial charge in [-0.25, -0.2) is 0 Å². The summed E-state index contributed by atoms with van der Waals surface area (Å²) in [6.07, 6.45) is 4.51. The first kappa shape index (κ1) is 18.0. The highest BCUT2D eigenvalue weighted by Crippen LogP contribution is 2.25. The van der Waals surface area contributed by atoms with Crippen molar-refractivity contribution in [2.24, 2.45) is 0 Å². The van der Waals surface area contributed by atoms with Crippen molar-refractivity contribution in [2.75, 3.05) is 11.9 Å². The van der Waals surface area contributed by atoms with Crippen LogP contribution in [0.2, 0.25) is 0 Å². The Morgan fingerprint density at radius 3 is 2.68 bits per heavy atom. The van der Waals surface area contributed by atoms with Crippen molar-refractivity contribution in [1.29, 1.82) is 0 Å². The highest BCUT2D eigenvalue weighted by molar-refractivity contribution is 6.01. The second kappa shape index (κ2) is 7.68. The largest absolute Gasteiger partial charge is 0.327 e. The van der Waals surface area contributed by atoms with E-state index in [0.29, 0.717) is 18.5 Å². The van der Waals surface area contributed by atoms with Crippen LogP contribution in [0.3, 0.4) is 0 Å². The second-order valence-electron chi connectivity index (χ2n) is 7.08. The van der Waals surface area contributed by atoms with Gasteiger partial charge in [-0.05, 0) is 43.0 Å². The van der Waals surface area contributed by atoms with Gasteiger partial charge in [0, 0.05) is 18.4 Å². The lowest BCUT2D eigenvalue weighted by molar-refractivity contribution is -0.119. The number of amides is 2. The molecule has 28 heavy (non-hydrogen) atoms. The van der Waals surface area contributed by atoms with E-state index in [1.165, 1.54) is 11.8 Å². The lowest BCUT2D eigenvalue weighted by Crippen LogP contribution is -2.43. The van der Waals surface area contributed by atoms with Gasteiger partial charge in [-0.15, -0.1) is 0 Å². The third-order valence-corrected chi connectivity index (χ3v) is 5.04. The minimum Gasteiger partial charge on any atom is -0.327 e. The fourth-order valence-electron chi connectivity index (χ4n) is 3.64. The summed E-state index contributed by atoms with van der Waals surface area (Å²) in [5.74, 6) is -0.323. The highest BCUT2D eigenvalue weighted by atomic mass is 16.2. The Hall–Kier alpha value is -3.41. The predicted octanol–water partition coefficient (Wildman–Crippen LogP) is 3.63. The number of nitrogens with one attached hydrogen (secondary N) is 2. The smallest absolute Gasteiger partial charge is 0.257 e. The highest BCUT2D eigenvalue weighted by Gasteiger charge is 2.34. The number of anilines is 1. The van der Waals surface area contributed by atoms with Crippen molar-refractivity contribution in [3.8, 4) is 11.1 Å². The molecule has 2 aromatic carbocycles. The Labute approximate surface area is 163 Å². The maximum Gasteiger partial charge on any atom is 0.257 e. The zero-order valence-electron chi connectivity index (χ0n) is 15.7. The van der Waals surface area contributed by atoms with Crippen molar-refractivity contribution in [1.82, 2.24) is 15.1 Å². The maximum absolute atomic E-state index is 12.9. The van der Waals surface area contributed by atoms with Crippen LogP contribution in [-0.4, -0.2) is 39.5 Å². The van der Waals surface area contributed by atoms with Crippen molar-refractivity contribution < 1.29 is 9.59 Å². The van der Waals surface area contributed by atoms with E-state index in [9.17, 15) is 9.59 Å². The number of aromatic nitrogens is 2. The molecule has 1 aliphatic heterocycles. The Kier molecular flexibility index (Phi) is 4.93. The molecule has 1 atom stereocenters. The van der Waals surface area contributed by atoms with E-state index in [0.717, 1.165) is 23.2 Å². The molecule has 142 valence electrons. The first-order chi connectivity index (χ1) is 13.6. The van der Waals surface area contributed by atoms with Gasteiger partial charge in [-0.1, -0.05) is 42.0 Å². The number of aryl methyl sites for hydroxylation is 1. The Balaban J connectivity index is 1.50. The topological polar surface area (TPSA) is 78.1 Å². The lowest BCUT2D eigenvalue weighted by atomic mass is 10.0. The van der Waals surface area contributed by atoms with Crippen LogP contribution in [0.5, 0.6) is 0 Å². The summed E-state index contributed by atoms with van der Waals surface area (Å²) in [7, 11) is 0. The Morgan fingerprint density at radius 2 is 1.93 bits per heavy atom. The van der Waals surface area contributed by atoms with E-state index < -0.39 is 6.04 Å². The van der Waals surface area contributed by atoms with Gasteiger partial charge in [0.15, 0.2) is 0 Å². The summed E-state index contributed by atoms with van der Waals surface area (Å²) in [5, 5.41) is 9.45. The molecule has 1 saturated heterocycles. The molecule has 1 unspecified atom stereocenters. The van der Waals surface area contributed by atoms with Gasteiger partial charge in [-0.2, -0.15) is 5.10 Å². The summed E-state index contributed by atoms with van der Waals surface area (Å²) >= 11 is 0. The van der Waals surface area contributed by atoms with Crippen LogP contribution in [0.25, 0.3) is 11.1 Å². The number of carbonyl (C=O) groups excluding carboxylic acids is 2. The van der Waals surface area contributed by atoms with Crippen molar-refractivity contribution in [3.05, 3.63) is 72.1 Å². The van der Waals surface area contributed by atoms with Crippen LogP contribution < -0.4 is 5.32 Å². The van der Waals surface area contributed by atoms with Crippen molar-refractivity contribution in [2.45, 2.75) is 25.8 Å². The maximum atomic E-state index is 12.9. The first-order valence-corrected chi connectivity index (χ1v) is 9.39. The van der Waals surface area contributed by atoms with Gasteiger partial charge in [0.1, 0.15) is 6.04 Å². The minimum atomic E-state index is -0.468. The number of H-pyrrole nitrogens is 1. The summed E-state index contributed by atoms with van der Waals surface area (Å²) in [6, 6.07) is 15.6. The second-order valence-corrected chi connectivity index (χ2v) is 7.08. The molecule has 2 amide bonds. The van der Waals surface area contributed by atoms with Crippen LogP contribution in [0, 0.1) is 6.92 Å². The molecular weight excluding hydrogens is 352 g/mol. The van der Waals surface area contributed by atoms with Crippen LogP contribution in [0.4, 0.5) is 5.69 Å². The molecular formula is C22H22N4O2. The summed E-state index contributed by atoms with van der Waals surface area (Å²) in [5.41, 5.74) is 4.53. The molecule has 6 nitrogen and oxygen atoms in total. The molecule has 0 radical (unpaired) electrons.